The summed E-state index contributed by atoms with van der Waals surface area (Å²) in [5.41, 5.74) is 0.716. The first-order chi connectivity index (χ1) is 8.19. The van der Waals surface area contributed by atoms with Gasteiger partial charge in [-0.25, -0.2) is 9.78 Å². The zero-order valence-electron chi connectivity index (χ0n) is 10.3. The van der Waals surface area contributed by atoms with Crippen molar-refractivity contribution in [1.82, 2.24) is 4.98 Å². The van der Waals surface area contributed by atoms with Crippen molar-refractivity contribution in [2.75, 3.05) is 34.0 Å². The van der Waals surface area contributed by atoms with Gasteiger partial charge in [0.2, 0.25) is 0 Å². The molecule has 0 amide bonds. The van der Waals surface area contributed by atoms with E-state index in [-0.39, 0.29) is 5.97 Å². The van der Waals surface area contributed by atoms with Crippen molar-refractivity contribution in [3.8, 4) is 0 Å². The molecule has 0 saturated heterocycles. The van der Waals surface area contributed by atoms with Crippen LogP contribution in [0.4, 0.5) is 0 Å². The van der Waals surface area contributed by atoms with Crippen LogP contribution in [0, 0.1) is 6.92 Å². The number of carbonyl (C=O) groups is 1. The van der Waals surface area contributed by atoms with Crippen molar-refractivity contribution in [2.24, 2.45) is 0 Å². The molecule has 5 nitrogen and oxygen atoms in total. The second-order valence-electron chi connectivity index (χ2n) is 3.37. The molecule has 0 saturated carbocycles. The average Bonchev–Trinajstić information content (AvgIpc) is 2.69. The minimum absolute atomic E-state index is 0.327. The Hall–Kier alpha value is -0.980. The SMILES string of the molecule is COCCOCCc1nc(C)c(C(=O)OC)s1. The molecule has 0 bridgehead atoms. The first-order valence-electron chi connectivity index (χ1n) is 5.30. The van der Waals surface area contributed by atoms with E-state index in [1.807, 2.05) is 0 Å². The molecule has 0 radical (unpaired) electrons. The maximum absolute atomic E-state index is 11.4. The van der Waals surface area contributed by atoms with E-state index in [4.69, 9.17) is 9.47 Å². The first-order valence-corrected chi connectivity index (χ1v) is 6.12. The van der Waals surface area contributed by atoms with Gasteiger partial charge in [0, 0.05) is 13.5 Å². The number of carbonyl (C=O) groups excluding carboxylic acids is 1. The smallest absolute Gasteiger partial charge is 0.349 e. The van der Waals surface area contributed by atoms with Gasteiger partial charge < -0.3 is 14.2 Å². The third-order valence-electron chi connectivity index (χ3n) is 2.10. The maximum Gasteiger partial charge on any atom is 0.349 e. The fourth-order valence-corrected chi connectivity index (χ4v) is 2.21. The highest BCUT2D eigenvalue weighted by atomic mass is 32.1. The van der Waals surface area contributed by atoms with Crippen molar-refractivity contribution >= 4 is 17.3 Å². The predicted molar refractivity (Wildman–Crippen MR) is 64.6 cm³/mol. The number of rotatable bonds is 7. The molecule has 1 aromatic heterocycles. The molecule has 96 valence electrons. The molecule has 0 aliphatic rings. The molecule has 17 heavy (non-hydrogen) atoms. The van der Waals surface area contributed by atoms with E-state index in [0.717, 1.165) is 5.01 Å². The van der Waals surface area contributed by atoms with Crippen LogP contribution in [0.25, 0.3) is 0 Å². The number of aromatic nitrogens is 1. The summed E-state index contributed by atoms with van der Waals surface area (Å²) in [4.78, 5) is 16.2. The van der Waals surface area contributed by atoms with Gasteiger partial charge in [0.15, 0.2) is 0 Å². The van der Waals surface area contributed by atoms with E-state index in [1.165, 1.54) is 18.4 Å². The fraction of sp³-hybridized carbons (Fsp3) is 0.636. The number of hydrogen-bond acceptors (Lipinski definition) is 6. The van der Waals surface area contributed by atoms with Crippen LogP contribution < -0.4 is 0 Å². The quantitative estimate of drug-likeness (QED) is 0.548. The maximum atomic E-state index is 11.4. The molecule has 1 rings (SSSR count). The van der Waals surface area contributed by atoms with Gasteiger partial charge in [0.25, 0.3) is 0 Å². The van der Waals surface area contributed by atoms with Crippen LogP contribution >= 0.6 is 11.3 Å². The van der Waals surface area contributed by atoms with E-state index in [9.17, 15) is 4.79 Å². The number of ether oxygens (including phenoxy) is 3. The van der Waals surface area contributed by atoms with Crippen molar-refractivity contribution < 1.29 is 19.0 Å². The van der Waals surface area contributed by atoms with Gasteiger partial charge in [-0.15, -0.1) is 11.3 Å². The van der Waals surface area contributed by atoms with Crippen LogP contribution in [-0.2, 0) is 20.6 Å². The third kappa shape index (κ3) is 4.41. The number of thiazole rings is 1. The number of aryl methyl sites for hydroxylation is 1. The molecule has 0 aliphatic carbocycles. The Morgan fingerprint density at radius 2 is 2.06 bits per heavy atom. The van der Waals surface area contributed by atoms with E-state index in [1.54, 1.807) is 14.0 Å². The second kappa shape index (κ2) is 7.37. The van der Waals surface area contributed by atoms with E-state index >= 15 is 0 Å². The van der Waals surface area contributed by atoms with Crippen LogP contribution in [0.1, 0.15) is 20.4 Å². The van der Waals surface area contributed by atoms with Crippen LogP contribution in [-0.4, -0.2) is 45.0 Å². The van der Waals surface area contributed by atoms with Gasteiger partial charge in [-0.1, -0.05) is 0 Å². The summed E-state index contributed by atoms with van der Waals surface area (Å²) < 4.78 is 14.9. The Morgan fingerprint density at radius 1 is 1.29 bits per heavy atom. The van der Waals surface area contributed by atoms with Crippen molar-refractivity contribution in [3.63, 3.8) is 0 Å². The largest absolute Gasteiger partial charge is 0.465 e. The molecule has 0 fully saturated rings. The van der Waals surface area contributed by atoms with Crippen LogP contribution in [0.3, 0.4) is 0 Å². The lowest BCUT2D eigenvalue weighted by molar-refractivity contribution is 0.0605. The summed E-state index contributed by atoms with van der Waals surface area (Å²) >= 11 is 1.36. The lowest BCUT2D eigenvalue weighted by atomic mass is 10.4. The highest BCUT2D eigenvalue weighted by molar-refractivity contribution is 7.13. The normalized spacial score (nSPS) is 10.5. The van der Waals surface area contributed by atoms with Gasteiger partial charge in [0.1, 0.15) is 4.88 Å². The van der Waals surface area contributed by atoms with Crippen LogP contribution in [0.5, 0.6) is 0 Å². The Morgan fingerprint density at radius 3 is 2.71 bits per heavy atom. The second-order valence-corrected chi connectivity index (χ2v) is 4.45. The molecule has 6 heteroatoms. The predicted octanol–water partition coefficient (Wildman–Crippen LogP) is 1.44. The Balaban J connectivity index is 2.42. The number of esters is 1. The zero-order valence-corrected chi connectivity index (χ0v) is 11.1. The lowest BCUT2D eigenvalue weighted by Gasteiger charge is -2.00. The Bertz CT molecular complexity index is 364. The molecule has 0 N–H and O–H groups in total. The highest BCUT2D eigenvalue weighted by Gasteiger charge is 2.15. The summed E-state index contributed by atoms with van der Waals surface area (Å²) in [5, 5.41) is 0.889. The Labute approximate surface area is 105 Å². The van der Waals surface area contributed by atoms with Gasteiger partial charge in [-0.3, -0.25) is 0 Å². The highest BCUT2D eigenvalue weighted by Crippen LogP contribution is 2.19. The molecule has 0 aliphatic heterocycles. The molecule has 0 atom stereocenters. The monoisotopic (exact) mass is 259 g/mol. The molecule has 0 spiro atoms. The minimum atomic E-state index is -0.327. The van der Waals surface area contributed by atoms with Gasteiger partial charge in [-0.05, 0) is 6.92 Å². The summed E-state index contributed by atoms with van der Waals surface area (Å²) in [6.45, 7) is 3.55. The van der Waals surface area contributed by atoms with Crippen molar-refractivity contribution in [3.05, 3.63) is 15.6 Å². The van der Waals surface area contributed by atoms with Crippen LogP contribution in [0.2, 0.25) is 0 Å². The summed E-state index contributed by atoms with van der Waals surface area (Å²) in [6.07, 6.45) is 0.701. The molecule has 0 unspecified atom stereocenters. The molecular formula is C11H17NO4S. The molecule has 1 heterocycles. The standard InChI is InChI=1S/C11H17NO4S/c1-8-10(11(13)15-3)17-9(12-8)4-5-16-7-6-14-2/h4-7H2,1-3H3. The van der Waals surface area contributed by atoms with E-state index in [0.29, 0.717) is 36.8 Å². The topological polar surface area (TPSA) is 57.7 Å². The van der Waals surface area contributed by atoms with E-state index < -0.39 is 0 Å². The number of nitrogens with zero attached hydrogens (tertiary/aromatic N) is 1. The Kier molecular flexibility index (Phi) is 6.10. The fourth-order valence-electron chi connectivity index (χ4n) is 1.25. The third-order valence-corrected chi connectivity index (χ3v) is 3.30. The zero-order chi connectivity index (χ0) is 12.7. The minimum Gasteiger partial charge on any atom is -0.465 e. The average molecular weight is 259 g/mol. The van der Waals surface area contributed by atoms with Crippen molar-refractivity contribution in [2.45, 2.75) is 13.3 Å². The van der Waals surface area contributed by atoms with Gasteiger partial charge in [-0.2, -0.15) is 0 Å². The van der Waals surface area contributed by atoms with E-state index in [2.05, 4.69) is 9.72 Å². The summed E-state index contributed by atoms with van der Waals surface area (Å²) in [5.74, 6) is -0.327. The summed E-state index contributed by atoms with van der Waals surface area (Å²) in [6, 6.07) is 0. The number of methoxy groups -OCH3 is 2. The van der Waals surface area contributed by atoms with Crippen molar-refractivity contribution in [1.29, 1.82) is 0 Å². The lowest BCUT2D eigenvalue weighted by Crippen LogP contribution is -2.04. The number of hydrogen-bond donors (Lipinski definition) is 0. The van der Waals surface area contributed by atoms with Gasteiger partial charge in [0.05, 0.1) is 37.6 Å². The summed E-state index contributed by atoms with van der Waals surface area (Å²) in [7, 11) is 3.01. The molecular weight excluding hydrogens is 242 g/mol. The first kappa shape index (κ1) is 14.1. The van der Waals surface area contributed by atoms with Crippen LogP contribution in [0.15, 0.2) is 0 Å². The van der Waals surface area contributed by atoms with Gasteiger partial charge >= 0.3 is 5.97 Å². The molecule has 1 aromatic rings. The molecule has 0 aromatic carbocycles.